The Morgan fingerprint density at radius 1 is 1.22 bits per heavy atom. The third kappa shape index (κ3) is 4.41. The van der Waals surface area contributed by atoms with Gasteiger partial charge in [-0.3, -0.25) is 10.1 Å². The lowest BCUT2D eigenvalue weighted by molar-refractivity contribution is -0.883. The molecule has 0 spiro atoms. The average molecular weight is 398 g/mol. The Labute approximate surface area is 160 Å². The molecule has 1 saturated carbocycles. The molecule has 2 aliphatic rings. The van der Waals surface area contributed by atoms with Gasteiger partial charge in [0.15, 0.2) is 0 Å². The number of anilines is 1. The summed E-state index contributed by atoms with van der Waals surface area (Å²) in [5.74, 6) is 0.439. The molecule has 1 heterocycles. The molecule has 0 unspecified atom stereocenters. The highest BCUT2D eigenvalue weighted by Gasteiger charge is 2.31. The molecule has 8 nitrogen and oxygen atoms in total. The van der Waals surface area contributed by atoms with Crippen molar-refractivity contribution < 1.29 is 18.2 Å². The Balaban J connectivity index is 1.86. The minimum absolute atomic E-state index is 0.00371. The largest absolute Gasteiger partial charge is 0.376 e. The van der Waals surface area contributed by atoms with E-state index in [9.17, 15) is 18.5 Å². The van der Waals surface area contributed by atoms with Gasteiger partial charge in [-0.2, -0.15) is 4.31 Å². The van der Waals surface area contributed by atoms with Gasteiger partial charge in [-0.1, -0.05) is 19.8 Å². The van der Waals surface area contributed by atoms with Gasteiger partial charge in [-0.15, -0.1) is 0 Å². The van der Waals surface area contributed by atoms with E-state index in [1.807, 2.05) is 7.05 Å². The Kier molecular flexibility index (Phi) is 6.02. The van der Waals surface area contributed by atoms with Gasteiger partial charge in [0.1, 0.15) is 5.69 Å². The first kappa shape index (κ1) is 20.0. The van der Waals surface area contributed by atoms with Crippen molar-refractivity contribution in [2.45, 2.75) is 43.5 Å². The predicted octanol–water partition coefficient (Wildman–Crippen LogP) is 1.10. The Morgan fingerprint density at radius 3 is 2.52 bits per heavy atom. The average Bonchev–Trinajstić information content (AvgIpc) is 2.64. The number of sulfonamides is 1. The topological polar surface area (TPSA) is 97.0 Å². The maximum absolute atomic E-state index is 12.9. The van der Waals surface area contributed by atoms with Crippen molar-refractivity contribution >= 4 is 21.4 Å². The molecule has 0 radical (unpaired) electrons. The summed E-state index contributed by atoms with van der Waals surface area (Å²) in [5, 5.41) is 14.9. The fraction of sp³-hybridized carbons (Fsp3) is 0.667. The molecule has 1 aromatic rings. The first-order valence-electron chi connectivity index (χ1n) is 9.65. The number of hydrogen-bond donors (Lipinski definition) is 2. The van der Waals surface area contributed by atoms with E-state index in [1.54, 1.807) is 6.07 Å². The van der Waals surface area contributed by atoms with E-state index in [0.29, 0.717) is 24.7 Å². The molecule has 0 aromatic heterocycles. The number of nitro groups is 1. The Bertz CT molecular complexity index is 791. The van der Waals surface area contributed by atoms with Crippen LogP contribution in [-0.4, -0.2) is 56.9 Å². The predicted molar refractivity (Wildman–Crippen MR) is 104 cm³/mol. The molecular weight excluding hydrogens is 368 g/mol. The summed E-state index contributed by atoms with van der Waals surface area (Å²) < 4.78 is 27.2. The first-order valence-corrected chi connectivity index (χ1v) is 11.1. The molecule has 2 atom stereocenters. The molecule has 150 valence electrons. The lowest BCUT2D eigenvalue weighted by Crippen LogP contribution is -3.12. The van der Waals surface area contributed by atoms with Crippen molar-refractivity contribution in [3.05, 3.63) is 28.3 Å². The molecule has 1 saturated heterocycles. The number of rotatable bonds is 5. The number of likely N-dealkylation sites (N-methyl/N-ethyl adjacent to an activating group) is 1. The second-order valence-electron chi connectivity index (χ2n) is 7.81. The van der Waals surface area contributed by atoms with E-state index in [-0.39, 0.29) is 16.6 Å². The maximum atomic E-state index is 12.9. The van der Waals surface area contributed by atoms with Gasteiger partial charge in [0.2, 0.25) is 10.0 Å². The molecule has 9 heteroatoms. The highest BCUT2D eigenvalue weighted by molar-refractivity contribution is 7.89. The lowest BCUT2D eigenvalue weighted by Gasteiger charge is -2.30. The number of benzene rings is 1. The van der Waals surface area contributed by atoms with Gasteiger partial charge in [0.25, 0.3) is 5.69 Å². The van der Waals surface area contributed by atoms with Crippen LogP contribution in [0, 0.1) is 16.0 Å². The lowest BCUT2D eigenvalue weighted by atomic mass is 9.86. The summed E-state index contributed by atoms with van der Waals surface area (Å²) >= 11 is 0. The van der Waals surface area contributed by atoms with E-state index >= 15 is 0 Å². The Morgan fingerprint density at radius 2 is 1.89 bits per heavy atom. The number of nitrogens with one attached hydrogen (secondary N) is 2. The van der Waals surface area contributed by atoms with Crippen LogP contribution < -0.4 is 10.2 Å². The fourth-order valence-corrected chi connectivity index (χ4v) is 5.39. The van der Waals surface area contributed by atoms with E-state index in [0.717, 1.165) is 32.4 Å². The standard InChI is InChI=1S/C18H28N4O4S/c1-14-5-3-4-6-16(14)19-17-8-7-15(13-18(17)22(23)24)27(25,26)21-11-9-20(2)10-12-21/h7-8,13-14,16,19H,3-6,9-12H2,1-2H3/p+1/t14-,16-/m0/s1. The van der Waals surface area contributed by atoms with Crippen LogP contribution in [-0.2, 0) is 10.0 Å². The summed E-state index contributed by atoms with van der Waals surface area (Å²) in [7, 11) is -1.69. The van der Waals surface area contributed by atoms with E-state index in [2.05, 4.69) is 12.2 Å². The van der Waals surface area contributed by atoms with Crippen LogP contribution in [0.5, 0.6) is 0 Å². The minimum Gasteiger partial charge on any atom is -0.376 e. The van der Waals surface area contributed by atoms with Crippen molar-refractivity contribution in [2.75, 3.05) is 38.5 Å². The number of quaternary nitrogens is 1. The molecule has 1 aliphatic carbocycles. The molecular formula is C18H29N4O4S+. The molecule has 1 aromatic carbocycles. The summed E-state index contributed by atoms with van der Waals surface area (Å²) in [6, 6.07) is 4.42. The molecule has 2 N–H and O–H groups in total. The molecule has 1 aliphatic heterocycles. The first-order chi connectivity index (χ1) is 12.8. The molecule has 0 bridgehead atoms. The van der Waals surface area contributed by atoms with Gasteiger partial charge in [-0.25, -0.2) is 8.42 Å². The number of nitrogens with zero attached hydrogens (tertiary/aromatic N) is 2. The van der Waals surface area contributed by atoms with Crippen LogP contribution in [0.3, 0.4) is 0 Å². The summed E-state index contributed by atoms with van der Waals surface area (Å²) in [6.45, 7) is 4.49. The third-order valence-electron chi connectivity index (χ3n) is 5.83. The third-order valence-corrected chi connectivity index (χ3v) is 7.73. The van der Waals surface area contributed by atoms with Crippen molar-refractivity contribution in [3.63, 3.8) is 0 Å². The zero-order chi connectivity index (χ0) is 19.6. The molecule has 27 heavy (non-hydrogen) atoms. The number of hydrogen-bond acceptors (Lipinski definition) is 5. The van der Waals surface area contributed by atoms with Crippen molar-refractivity contribution in [1.29, 1.82) is 0 Å². The number of nitro benzene ring substituents is 1. The highest BCUT2D eigenvalue weighted by atomic mass is 32.2. The van der Waals surface area contributed by atoms with Crippen LogP contribution in [0.2, 0.25) is 0 Å². The second-order valence-corrected chi connectivity index (χ2v) is 9.75. The normalized spacial score (nSPS) is 25.3. The molecule has 3 rings (SSSR count). The van der Waals surface area contributed by atoms with Crippen LogP contribution >= 0.6 is 0 Å². The zero-order valence-electron chi connectivity index (χ0n) is 16.0. The monoisotopic (exact) mass is 397 g/mol. The van der Waals surface area contributed by atoms with Crippen LogP contribution in [0.25, 0.3) is 0 Å². The fourth-order valence-electron chi connectivity index (χ4n) is 3.93. The van der Waals surface area contributed by atoms with Gasteiger partial charge in [0, 0.05) is 12.1 Å². The van der Waals surface area contributed by atoms with Crippen LogP contribution in [0.4, 0.5) is 11.4 Å². The number of piperazine rings is 1. The summed E-state index contributed by atoms with van der Waals surface area (Å²) in [6.07, 6.45) is 4.37. The zero-order valence-corrected chi connectivity index (χ0v) is 16.8. The Hall–Kier alpha value is -1.71. The van der Waals surface area contributed by atoms with E-state index < -0.39 is 14.9 Å². The van der Waals surface area contributed by atoms with Crippen molar-refractivity contribution in [1.82, 2.24) is 4.31 Å². The highest BCUT2D eigenvalue weighted by Crippen LogP contribution is 2.33. The van der Waals surface area contributed by atoms with E-state index in [1.165, 1.54) is 27.8 Å². The van der Waals surface area contributed by atoms with Gasteiger partial charge in [0.05, 0.1) is 43.0 Å². The van der Waals surface area contributed by atoms with Gasteiger partial charge in [-0.05, 0) is 30.9 Å². The summed E-state index contributed by atoms with van der Waals surface area (Å²) in [4.78, 5) is 12.4. The maximum Gasteiger partial charge on any atom is 0.293 e. The minimum atomic E-state index is -3.71. The van der Waals surface area contributed by atoms with Crippen LogP contribution in [0.1, 0.15) is 32.6 Å². The van der Waals surface area contributed by atoms with E-state index in [4.69, 9.17) is 0 Å². The second kappa shape index (κ2) is 8.12. The summed E-state index contributed by atoms with van der Waals surface area (Å²) in [5.41, 5.74) is 0.231. The van der Waals surface area contributed by atoms with Gasteiger partial charge >= 0.3 is 0 Å². The quantitative estimate of drug-likeness (QED) is 0.573. The van der Waals surface area contributed by atoms with Crippen molar-refractivity contribution in [3.8, 4) is 0 Å². The molecule has 0 amide bonds. The smallest absolute Gasteiger partial charge is 0.293 e. The van der Waals surface area contributed by atoms with Gasteiger partial charge < -0.3 is 10.2 Å². The molecule has 2 fully saturated rings. The van der Waals surface area contributed by atoms with Crippen molar-refractivity contribution in [2.24, 2.45) is 5.92 Å². The SMILES string of the molecule is C[C@H]1CCCC[C@@H]1Nc1ccc(S(=O)(=O)N2CC[NH+](C)CC2)cc1[N+](=O)[O-]. The van der Waals surface area contributed by atoms with Crippen LogP contribution in [0.15, 0.2) is 23.1 Å².